The van der Waals surface area contributed by atoms with E-state index in [4.69, 9.17) is 0 Å². The van der Waals surface area contributed by atoms with Crippen molar-refractivity contribution in [3.05, 3.63) is 36.0 Å². The molecule has 0 aliphatic heterocycles. The van der Waals surface area contributed by atoms with Gasteiger partial charge in [0.2, 0.25) is 0 Å². The zero-order valence-electron chi connectivity index (χ0n) is 10.2. The SMILES string of the molecule is CNc1cccc(C(=O)NCc2nncn2C)n1. The highest BCUT2D eigenvalue weighted by atomic mass is 16.1. The van der Waals surface area contributed by atoms with Crippen molar-refractivity contribution in [3.63, 3.8) is 0 Å². The molecule has 0 bridgehead atoms. The third-order valence-corrected chi connectivity index (χ3v) is 2.45. The number of aryl methyl sites for hydroxylation is 1. The zero-order chi connectivity index (χ0) is 13.0. The summed E-state index contributed by atoms with van der Waals surface area (Å²) in [5, 5.41) is 13.2. The molecule has 0 aliphatic rings. The molecule has 18 heavy (non-hydrogen) atoms. The first-order chi connectivity index (χ1) is 8.70. The first-order valence-corrected chi connectivity index (χ1v) is 5.46. The summed E-state index contributed by atoms with van der Waals surface area (Å²) >= 11 is 0. The number of pyridine rings is 1. The highest BCUT2D eigenvalue weighted by Crippen LogP contribution is 2.03. The fraction of sp³-hybridized carbons (Fsp3) is 0.273. The standard InChI is InChI=1S/C11H14N6O/c1-12-9-5-3-4-8(15-9)11(18)13-6-10-16-14-7-17(10)2/h3-5,7H,6H2,1-2H3,(H,12,15)(H,13,18). The zero-order valence-corrected chi connectivity index (χ0v) is 10.2. The first-order valence-electron chi connectivity index (χ1n) is 5.46. The minimum atomic E-state index is -0.241. The highest BCUT2D eigenvalue weighted by Gasteiger charge is 2.09. The van der Waals surface area contributed by atoms with E-state index in [0.717, 1.165) is 0 Å². The summed E-state index contributed by atoms with van der Waals surface area (Å²) in [4.78, 5) is 16.0. The van der Waals surface area contributed by atoms with E-state index >= 15 is 0 Å². The van der Waals surface area contributed by atoms with Gasteiger partial charge in [0.15, 0.2) is 5.82 Å². The van der Waals surface area contributed by atoms with Crippen LogP contribution in [0.2, 0.25) is 0 Å². The number of hydrogen-bond acceptors (Lipinski definition) is 5. The summed E-state index contributed by atoms with van der Waals surface area (Å²) in [6.45, 7) is 0.320. The van der Waals surface area contributed by atoms with Crippen LogP contribution in [-0.4, -0.2) is 32.7 Å². The molecule has 2 N–H and O–H groups in total. The molecule has 0 atom stereocenters. The third-order valence-electron chi connectivity index (χ3n) is 2.45. The van der Waals surface area contributed by atoms with Gasteiger partial charge in [0, 0.05) is 14.1 Å². The molecule has 7 heteroatoms. The molecule has 0 aliphatic carbocycles. The average molecular weight is 246 g/mol. The molecule has 0 radical (unpaired) electrons. The number of carbonyl (C=O) groups excluding carboxylic acids is 1. The van der Waals surface area contributed by atoms with Crippen molar-refractivity contribution < 1.29 is 4.79 Å². The average Bonchev–Trinajstić information content (AvgIpc) is 2.81. The number of carbonyl (C=O) groups is 1. The smallest absolute Gasteiger partial charge is 0.270 e. The van der Waals surface area contributed by atoms with Gasteiger partial charge in [0.05, 0.1) is 6.54 Å². The monoisotopic (exact) mass is 246 g/mol. The van der Waals surface area contributed by atoms with Crippen LogP contribution in [0.25, 0.3) is 0 Å². The lowest BCUT2D eigenvalue weighted by Crippen LogP contribution is -2.25. The maximum Gasteiger partial charge on any atom is 0.270 e. The van der Waals surface area contributed by atoms with Crippen molar-refractivity contribution in [3.8, 4) is 0 Å². The molecule has 7 nitrogen and oxygen atoms in total. The molecular formula is C11H14N6O. The Labute approximate surface area is 104 Å². The summed E-state index contributed by atoms with van der Waals surface area (Å²) in [5.74, 6) is 1.10. The van der Waals surface area contributed by atoms with Crippen LogP contribution in [-0.2, 0) is 13.6 Å². The predicted molar refractivity (Wildman–Crippen MR) is 66.0 cm³/mol. The Morgan fingerprint density at radius 3 is 2.94 bits per heavy atom. The van der Waals surface area contributed by atoms with Crippen LogP contribution < -0.4 is 10.6 Å². The fourth-order valence-electron chi connectivity index (χ4n) is 1.42. The largest absolute Gasteiger partial charge is 0.373 e. The molecule has 94 valence electrons. The van der Waals surface area contributed by atoms with E-state index in [0.29, 0.717) is 23.9 Å². The van der Waals surface area contributed by atoms with Crippen LogP contribution in [0.4, 0.5) is 5.82 Å². The second kappa shape index (κ2) is 5.26. The molecule has 0 saturated heterocycles. The van der Waals surface area contributed by atoms with Crippen LogP contribution in [0, 0.1) is 0 Å². The molecule has 0 fully saturated rings. The predicted octanol–water partition coefficient (Wildman–Crippen LogP) is 0.182. The normalized spacial score (nSPS) is 10.1. The van der Waals surface area contributed by atoms with Crippen LogP contribution in [0.1, 0.15) is 16.3 Å². The molecule has 0 saturated carbocycles. The van der Waals surface area contributed by atoms with Gasteiger partial charge in [-0.25, -0.2) is 4.98 Å². The second-order valence-electron chi connectivity index (χ2n) is 3.70. The minimum Gasteiger partial charge on any atom is -0.373 e. The molecule has 0 aromatic carbocycles. The molecule has 2 aromatic rings. The lowest BCUT2D eigenvalue weighted by molar-refractivity contribution is 0.0944. The quantitative estimate of drug-likeness (QED) is 0.804. The van der Waals surface area contributed by atoms with E-state index < -0.39 is 0 Å². The summed E-state index contributed by atoms with van der Waals surface area (Å²) in [7, 11) is 3.57. The Morgan fingerprint density at radius 1 is 1.44 bits per heavy atom. The molecule has 0 spiro atoms. The van der Waals surface area contributed by atoms with Crippen molar-refractivity contribution in [1.82, 2.24) is 25.1 Å². The van der Waals surface area contributed by atoms with Gasteiger partial charge in [0.1, 0.15) is 17.8 Å². The van der Waals surface area contributed by atoms with Gasteiger partial charge in [-0.15, -0.1) is 10.2 Å². The molecule has 2 rings (SSSR count). The van der Waals surface area contributed by atoms with Crippen LogP contribution >= 0.6 is 0 Å². The van der Waals surface area contributed by atoms with E-state index in [9.17, 15) is 4.79 Å². The number of nitrogens with one attached hydrogen (secondary N) is 2. The Bertz CT molecular complexity index is 550. The van der Waals surface area contributed by atoms with Crippen molar-refractivity contribution in [2.24, 2.45) is 7.05 Å². The van der Waals surface area contributed by atoms with Crippen LogP contribution in [0.5, 0.6) is 0 Å². The molecule has 0 unspecified atom stereocenters. The van der Waals surface area contributed by atoms with Crippen molar-refractivity contribution >= 4 is 11.7 Å². The van der Waals surface area contributed by atoms with E-state index in [1.165, 1.54) is 0 Å². The number of anilines is 1. The summed E-state index contributed by atoms with van der Waals surface area (Å²) in [6.07, 6.45) is 1.58. The van der Waals surface area contributed by atoms with Gasteiger partial charge in [-0.1, -0.05) is 6.07 Å². The Kier molecular flexibility index (Phi) is 3.52. The van der Waals surface area contributed by atoms with Crippen molar-refractivity contribution in [1.29, 1.82) is 0 Å². The maximum absolute atomic E-state index is 11.9. The molecule has 2 aromatic heterocycles. The van der Waals surface area contributed by atoms with E-state index in [1.54, 1.807) is 36.1 Å². The number of aromatic nitrogens is 4. The van der Waals surface area contributed by atoms with Gasteiger partial charge in [-0.05, 0) is 12.1 Å². The van der Waals surface area contributed by atoms with E-state index in [1.807, 2.05) is 7.05 Å². The summed E-state index contributed by atoms with van der Waals surface area (Å²) in [6, 6.07) is 5.22. The maximum atomic E-state index is 11.9. The van der Waals surface area contributed by atoms with E-state index in [2.05, 4.69) is 25.8 Å². The molecule has 2 heterocycles. The molecular weight excluding hydrogens is 232 g/mol. The van der Waals surface area contributed by atoms with Gasteiger partial charge >= 0.3 is 0 Å². The lowest BCUT2D eigenvalue weighted by Gasteiger charge is -2.05. The third kappa shape index (κ3) is 2.62. The Balaban J connectivity index is 2.01. The van der Waals surface area contributed by atoms with Gasteiger partial charge < -0.3 is 15.2 Å². The van der Waals surface area contributed by atoms with Gasteiger partial charge in [0.25, 0.3) is 5.91 Å². The highest BCUT2D eigenvalue weighted by molar-refractivity contribution is 5.92. The summed E-state index contributed by atoms with van der Waals surface area (Å²) < 4.78 is 1.75. The number of hydrogen-bond donors (Lipinski definition) is 2. The van der Waals surface area contributed by atoms with Crippen molar-refractivity contribution in [2.75, 3.05) is 12.4 Å². The topological polar surface area (TPSA) is 84.7 Å². The van der Waals surface area contributed by atoms with Crippen molar-refractivity contribution in [2.45, 2.75) is 6.54 Å². The summed E-state index contributed by atoms with van der Waals surface area (Å²) in [5.41, 5.74) is 0.365. The van der Waals surface area contributed by atoms with Gasteiger partial charge in [-0.2, -0.15) is 0 Å². The lowest BCUT2D eigenvalue weighted by atomic mass is 10.3. The number of amides is 1. The van der Waals surface area contributed by atoms with E-state index in [-0.39, 0.29) is 5.91 Å². The van der Waals surface area contributed by atoms with Gasteiger partial charge in [-0.3, -0.25) is 4.79 Å². The Hall–Kier alpha value is -2.44. The Morgan fingerprint density at radius 2 is 2.28 bits per heavy atom. The first kappa shape index (κ1) is 12.0. The minimum absolute atomic E-state index is 0.241. The number of nitrogens with zero attached hydrogens (tertiary/aromatic N) is 4. The molecule has 1 amide bonds. The van der Waals surface area contributed by atoms with Crippen LogP contribution in [0.15, 0.2) is 24.5 Å². The fourth-order valence-corrected chi connectivity index (χ4v) is 1.42. The second-order valence-corrected chi connectivity index (χ2v) is 3.70. The number of rotatable bonds is 4. The van der Waals surface area contributed by atoms with Crippen LogP contribution in [0.3, 0.4) is 0 Å².